The molecule has 3 heterocycles. The first kappa shape index (κ1) is 20.9. The summed E-state index contributed by atoms with van der Waals surface area (Å²) < 4.78 is 11.1. The van der Waals surface area contributed by atoms with Crippen molar-refractivity contribution in [2.75, 3.05) is 77.8 Å². The molecule has 0 amide bonds. The molecular formula is C22H34N6O2. The number of aromatic nitrogens is 2. The topological polar surface area (TPSA) is 66.0 Å². The Morgan fingerprint density at radius 3 is 2.30 bits per heavy atom. The summed E-state index contributed by atoms with van der Waals surface area (Å²) in [5, 5.41) is 4.70. The van der Waals surface area contributed by atoms with Crippen LogP contribution in [0.4, 0.5) is 11.8 Å². The Bertz CT molecular complexity index is 868. The zero-order valence-corrected chi connectivity index (χ0v) is 18.6. The van der Waals surface area contributed by atoms with Gasteiger partial charge in [0, 0.05) is 37.1 Å². The number of nitrogens with zero attached hydrogens (tertiary/aromatic N) is 5. The standard InChI is InChI=1S/C22H34N6O2/c1-26-8-5-9-28(13-12-26)22-24-18-15-20(30-4)19(29-3)14-17(18)21(25-22)23-16-6-10-27(2)11-7-16/h14-16H,5-13H2,1-4H3,(H,23,24,25). The first-order valence-electron chi connectivity index (χ1n) is 10.9. The monoisotopic (exact) mass is 414 g/mol. The molecule has 1 aromatic carbocycles. The Kier molecular flexibility index (Phi) is 6.43. The molecule has 2 aliphatic rings. The minimum Gasteiger partial charge on any atom is -0.493 e. The first-order valence-corrected chi connectivity index (χ1v) is 10.9. The number of benzene rings is 1. The maximum absolute atomic E-state index is 5.55. The second-order valence-electron chi connectivity index (χ2n) is 8.46. The summed E-state index contributed by atoms with van der Waals surface area (Å²) in [7, 11) is 7.68. The molecule has 1 aromatic heterocycles. The van der Waals surface area contributed by atoms with Crippen molar-refractivity contribution >= 4 is 22.7 Å². The van der Waals surface area contributed by atoms with E-state index < -0.39 is 0 Å². The van der Waals surface area contributed by atoms with E-state index in [1.165, 1.54) is 0 Å². The molecule has 0 radical (unpaired) electrons. The highest BCUT2D eigenvalue weighted by atomic mass is 16.5. The predicted molar refractivity (Wildman–Crippen MR) is 121 cm³/mol. The lowest BCUT2D eigenvalue weighted by Crippen LogP contribution is -2.37. The first-order chi connectivity index (χ1) is 14.6. The molecule has 0 unspecified atom stereocenters. The molecule has 8 nitrogen and oxygen atoms in total. The third-order valence-electron chi connectivity index (χ3n) is 6.25. The molecule has 2 aromatic rings. The molecule has 8 heteroatoms. The molecule has 0 aliphatic carbocycles. The maximum Gasteiger partial charge on any atom is 0.227 e. The average molecular weight is 415 g/mol. The van der Waals surface area contributed by atoms with Crippen molar-refractivity contribution in [1.29, 1.82) is 0 Å². The van der Waals surface area contributed by atoms with Crippen LogP contribution < -0.4 is 19.7 Å². The van der Waals surface area contributed by atoms with Gasteiger partial charge in [0.1, 0.15) is 5.82 Å². The lowest BCUT2D eigenvalue weighted by molar-refractivity contribution is 0.264. The summed E-state index contributed by atoms with van der Waals surface area (Å²) >= 11 is 0. The highest BCUT2D eigenvalue weighted by Crippen LogP contribution is 2.35. The van der Waals surface area contributed by atoms with Gasteiger partial charge >= 0.3 is 0 Å². The fraction of sp³-hybridized carbons (Fsp3) is 0.636. The fourth-order valence-corrected chi connectivity index (χ4v) is 4.29. The maximum atomic E-state index is 5.55. The molecule has 0 atom stereocenters. The van der Waals surface area contributed by atoms with Crippen LogP contribution in [0.1, 0.15) is 19.3 Å². The van der Waals surface area contributed by atoms with Crippen LogP contribution in [-0.2, 0) is 0 Å². The van der Waals surface area contributed by atoms with E-state index in [4.69, 9.17) is 19.4 Å². The number of nitrogens with one attached hydrogen (secondary N) is 1. The van der Waals surface area contributed by atoms with Crippen molar-refractivity contribution in [2.24, 2.45) is 0 Å². The number of rotatable bonds is 5. The van der Waals surface area contributed by atoms with Crippen LogP contribution in [0.3, 0.4) is 0 Å². The summed E-state index contributed by atoms with van der Waals surface area (Å²) in [5.74, 6) is 3.07. The van der Waals surface area contributed by atoms with E-state index >= 15 is 0 Å². The number of piperidine rings is 1. The summed E-state index contributed by atoms with van der Waals surface area (Å²) in [6, 6.07) is 4.37. The molecular weight excluding hydrogens is 380 g/mol. The van der Waals surface area contributed by atoms with Gasteiger partial charge in [0.05, 0.1) is 19.7 Å². The largest absolute Gasteiger partial charge is 0.493 e. The van der Waals surface area contributed by atoms with Crippen molar-refractivity contribution in [3.05, 3.63) is 12.1 Å². The van der Waals surface area contributed by atoms with Gasteiger partial charge < -0.3 is 29.5 Å². The molecule has 0 bridgehead atoms. The minimum atomic E-state index is 0.413. The second kappa shape index (κ2) is 9.22. The zero-order chi connectivity index (χ0) is 21.1. The normalized spacial score (nSPS) is 19.7. The van der Waals surface area contributed by atoms with Crippen molar-refractivity contribution in [3.63, 3.8) is 0 Å². The van der Waals surface area contributed by atoms with Crippen molar-refractivity contribution in [3.8, 4) is 11.5 Å². The van der Waals surface area contributed by atoms with Gasteiger partial charge in [-0.15, -0.1) is 0 Å². The molecule has 2 aliphatic heterocycles. The summed E-state index contributed by atoms with van der Waals surface area (Å²) in [6.45, 7) is 6.23. The van der Waals surface area contributed by atoms with Crippen LogP contribution in [-0.4, -0.2) is 93.4 Å². The minimum absolute atomic E-state index is 0.413. The summed E-state index contributed by atoms with van der Waals surface area (Å²) in [5.41, 5.74) is 0.880. The van der Waals surface area contributed by atoms with Gasteiger partial charge in [-0.2, -0.15) is 4.98 Å². The number of likely N-dealkylation sites (tertiary alicyclic amines) is 1. The predicted octanol–water partition coefficient (Wildman–Crippen LogP) is 2.29. The van der Waals surface area contributed by atoms with Crippen LogP contribution in [0.25, 0.3) is 10.9 Å². The molecule has 2 saturated heterocycles. The van der Waals surface area contributed by atoms with Crippen LogP contribution in [0.5, 0.6) is 11.5 Å². The summed E-state index contributed by atoms with van der Waals surface area (Å²) in [4.78, 5) is 17.0. The number of fused-ring (bicyclic) bond motifs is 1. The van der Waals surface area contributed by atoms with E-state index in [9.17, 15) is 0 Å². The van der Waals surface area contributed by atoms with Crippen LogP contribution in [0.15, 0.2) is 12.1 Å². The number of hydrogen-bond donors (Lipinski definition) is 1. The average Bonchev–Trinajstić information content (AvgIpc) is 2.98. The number of likely N-dealkylation sites (N-methyl/N-ethyl adjacent to an activating group) is 1. The number of hydrogen-bond acceptors (Lipinski definition) is 8. The Morgan fingerprint density at radius 1 is 0.867 bits per heavy atom. The summed E-state index contributed by atoms with van der Waals surface area (Å²) in [6.07, 6.45) is 3.33. The molecule has 0 spiro atoms. The van der Waals surface area contributed by atoms with E-state index in [-0.39, 0.29) is 0 Å². The van der Waals surface area contributed by atoms with Gasteiger partial charge in [-0.25, -0.2) is 4.98 Å². The quantitative estimate of drug-likeness (QED) is 0.800. The molecule has 2 fully saturated rings. The Labute approximate surface area is 179 Å². The second-order valence-corrected chi connectivity index (χ2v) is 8.46. The number of anilines is 2. The van der Waals surface area contributed by atoms with E-state index in [1.54, 1.807) is 14.2 Å². The smallest absolute Gasteiger partial charge is 0.227 e. The third-order valence-corrected chi connectivity index (χ3v) is 6.25. The molecule has 1 N–H and O–H groups in total. The van der Waals surface area contributed by atoms with Gasteiger partial charge in [0.15, 0.2) is 11.5 Å². The highest BCUT2D eigenvalue weighted by Gasteiger charge is 2.22. The van der Waals surface area contributed by atoms with Crippen LogP contribution >= 0.6 is 0 Å². The molecule has 4 rings (SSSR count). The number of methoxy groups -OCH3 is 2. The van der Waals surface area contributed by atoms with E-state index in [2.05, 4.69) is 34.1 Å². The SMILES string of the molecule is COc1cc2nc(N3CCCN(C)CC3)nc(NC3CCN(C)CC3)c2cc1OC. The van der Waals surface area contributed by atoms with E-state index in [0.717, 1.165) is 81.2 Å². The van der Waals surface area contributed by atoms with Gasteiger partial charge in [0.2, 0.25) is 5.95 Å². The van der Waals surface area contributed by atoms with Crippen molar-refractivity contribution in [2.45, 2.75) is 25.3 Å². The van der Waals surface area contributed by atoms with Gasteiger partial charge in [-0.05, 0) is 59.1 Å². The molecule has 0 saturated carbocycles. The van der Waals surface area contributed by atoms with Crippen LogP contribution in [0.2, 0.25) is 0 Å². The van der Waals surface area contributed by atoms with Gasteiger partial charge in [-0.1, -0.05) is 0 Å². The number of ether oxygens (including phenoxy) is 2. The fourth-order valence-electron chi connectivity index (χ4n) is 4.29. The van der Waals surface area contributed by atoms with Crippen LogP contribution in [0, 0.1) is 0 Å². The van der Waals surface area contributed by atoms with Crippen molar-refractivity contribution in [1.82, 2.24) is 19.8 Å². The van der Waals surface area contributed by atoms with Gasteiger partial charge in [0.25, 0.3) is 0 Å². The molecule has 164 valence electrons. The zero-order valence-electron chi connectivity index (χ0n) is 18.6. The lowest BCUT2D eigenvalue weighted by Gasteiger charge is -2.30. The van der Waals surface area contributed by atoms with Crippen molar-refractivity contribution < 1.29 is 9.47 Å². The Morgan fingerprint density at radius 2 is 1.57 bits per heavy atom. The lowest BCUT2D eigenvalue weighted by atomic mass is 10.1. The van der Waals surface area contributed by atoms with Gasteiger partial charge in [-0.3, -0.25) is 0 Å². The van der Waals surface area contributed by atoms with E-state index in [1.807, 2.05) is 12.1 Å². The Hall–Kier alpha value is -2.32. The Balaban J connectivity index is 1.73. The van der Waals surface area contributed by atoms with E-state index in [0.29, 0.717) is 17.5 Å². The highest BCUT2D eigenvalue weighted by molar-refractivity contribution is 5.93. The third kappa shape index (κ3) is 4.54. The molecule has 30 heavy (non-hydrogen) atoms.